The first-order chi connectivity index (χ1) is 14.5. The molecule has 0 aromatic heterocycles. The smallest absolute Gasteiger partial charge is 0.354 e. The fourth-order valence-corrected chi connectivity index (χ4v) is 5.21. The molecule has 9 heteroatoms. The summed E-state index contributed by atoms with van der Waals surface area (Å²) < 4.78 is 4.95. The Morgan fingerprint density at radius 1 is 1.33 bits per heavy atom. The van der Waals surface area contributed by atoms with Crippen molar-refractivity contribution in [3.63, 3.8) is 0 Å². The number of oxime groups is 1. The molecule has 8 nitrogen and oxygen atoms in total. The lowest BCUT2D eigenvalue weighted by Crippen LogP contribution is -2.71. The molecular formula is C21H23N3O5S. The van der Waals surface area contributed by atoms with Gasteiger partial charge in [-0.15, -0.1) is 11.8 Å². The zero-order valence-corrected chi connectivity index (χ0v) is 17.6. The van der Waals surface area contributed by atoms with Crippen molar-refractivity contribution >= 4 is 35.3 Å². The Labute approximate surface area is 178 Å². The molecule has 0 saturated carbocycles. The molecule has 0 aliphatic carbocycles. The van der Waals surface area contributed by atoms with Crippen LogP contribution in [-0.2, 0) is 30.4 Å². The van der Waals surface area contributed by atoms with Gasteiger partial charge in [0, 0.05) is 17.7 Å². The number of hydrogen-bond acceptors (Lipinski definition) is 7. The van der Waals surface area contributed by atoms with Crippen LogP contribution in [0, 0.1) is 0 Å². The summed E-state index contributed by atoms with van der Waals surface area (Å²) in [5, 5.41) is 6.53. The number of rotatable bonds is 6. The number of carbonyl (C=O) groups is 3. The van der Waals surface area contributed by atoms with Crippen LogP contribution in [-0.4, -0.2) is 58.8 Å². The lowest BCUT2D eigenvalue weighted by Gasteiger charge is -2.50. The van der Waals surface area contributed by atoms with Crippen molar-refractivity contribution < 1.29 is 24.0 Å². The summed E-state index contributed by atoms with van der Waals surface area (Å²) in [5.41, 5.74) is 2.72. The third-order valence-corrected chi connectivity index (χ3v) is 6.73. The number of amides is 2. The summed E-state index contributed by atoms with van der Waals surface area (Å²) in [6.45, 7) is 1.99. The van der Waals surface area contributed by atoms with Crippen molar-refractivity contribution in [2.75, 3.05) is 12.9 Å². The topological polar surface area (TPSA) is 97.3 Å². The molecule has 30 heavy (non-hydrogen) atoms. The van der Waals surface area contributed by atoms with E-state index < -0.39 is 12.0 Å². The summed E-state index contributed by atoms with van der Waals surface area (Å²) in [6.07, 6.45) is 1.18. The maximum atomic E-state index is 12.9. The van der Waals surface area contributed by atoms with Gasteiger partial charge in [0.25, 0.3) is 5.91 Å². The highest BCUT2D eigenvalue weighted by Gasteiger charge is 2.55. The minimum absolute atomic E-state index is 0.194. The average molecular weight is 429 g/mol. The second-order valence-electron chi connectivity index (χ2n) is 7.29. The number of methoxy groups -OCH3 is 1. The number of benzene rings is 1. The van der Waals surface area contributed by atoms with Crippen molar-refractivity contribution in [2.45, 2.75) is 43.7 Å². The maximum absolute atomic E-state index is 12.9. The van der Waals surface area contributed by atoms with Crippen LogP contribution in [0.15, 0.2) is 46.8 Å². The summed E-state index contributed by atoms with van der Waals surface area (Å²) >= 11 is 1.50. The summed E-state index contributed by atoms with van der Waals surface area (Å²) in [4.78, 5) is 44.8. The molecule has 1 aromatic carbocycles. The molecule has 3 aliphatic heterocycles. The van der Waals surface area contributed by atoms with Crippen molar-refractivity contribution in [3.8, 4) is 0 Å². The first kappa shape index (κ1) is 20.5. The van der Waals surface area contributed by atoms with E-state index >= 15 is 0 Å². The zero-order chi connectivity index (χ0) is 21.3. The Balaban J connectivity index is 1.49. The third kappa shape index (κ3) is 3.69. The summed E-state index contributed by atoms with van der Waals surface area (Å²) in [5.74, 6) is -0.622. The lowest BCUT2D eigenvalue weighted by atomic mass is 9.97. The second-order valence-corrected chi connectivity index (χ2v) is 8.40. The molecule has 0 unspecified atom stereocenters. The van der Waals surface area contributed by atoms with E-state index in [0.29, 0.717) is 17.7 Å². The van der Waals surface area contributed by atoms with E-state index in [1.54, 1.807) is 0 Å². The van der Waals surface area contributed by atoms with Gasteiger partial charge in [0.2, 0.25) is 5.91 Å². The molecule has 0 radical (unpaired) electrons. The number of nitrogens with zero attached hydrogens (tertiary/aromatic N) is 2. The molecule has 2 amide bonds. The molecule has 1 aromatic rings. The zero-order valence-electron chi connectivity index (χ0n) is 16.8. The molecule has 158 valence electrons. The van der Waals surface area contributed by atoms with Gasteiger partial charge in [-0.25, -0.2) is 4.79 Å². The van der Waals surface area contributed by atoms with E-state index in [9.17, 15) is 14.4 Å². The Morgan fingerprint density at radius 2 is 2.10 bits per heavy atom. The third-order valence-electron chi connectivity index (χ3n) is 5.43. The Kier molecular flexibility index (Phi) is 5.80. The Hall–Kier alpha value is -2.81. The molecule has 3 atom stereocenters. The highest BCUT2D eigenvalue weighted by atomic mass is 32.2. The van der Waals surface area contributed by atoms with E-state index in [4.69, 9.17) is 9.57 Å². The van der Waals surface area contributed by atoms with Gasteiger partial charge in [0.1, 0.15) is 17.1 Å². The maximum Gasteiger partial charge on any atom is 0.354 e. The van der Waals surface area contributed by atoms with Crippen LogP contribution in [0.25, 0.3) is 0 Å². The van der Waals surface area contributed by atoms with E-state index in [1.807, 2.05) is 37.3 Å². The monoisotopic (exact) mass is 429 g/mol. The largest absolute Gasteiger partial charge is 0.464 e. The number of carbonyl (C=O) groups excluding carboxylic acids is 3. The molecule has 1 fully saturated rings. The summed E-state index contributed by atoms with van der Waals surface area (Å²) in [6, 6.07) is 8.67. The SMILES string of the molecule is CCC1=NO[C@@H](C2=C(C(=O)OC)N3C(=O)[C@@H](NC(=O)Cc4ccccc4)[C@H]3SC2)C1. The number of fused-ring (bicyclic) bond motifs is 1. The van der Waals surface area contributed by atoms with E-state index in [1.165, 1.54) is 23.8 Å². The van der Waals surface area contributed by atoms with Gasteiger partial charge in [-0.05, 0) is 12.0 Å². The van der Waals surface area contributed by atoms with Crippen LogP contribution in [0.3, 0.4) is 0 Å². The molecule has 0 spiro atoms. The quantitative estimate of drug-likeness (QED) is 0.545. The van der Waals surface area contributed by atoms with Gasteiger partial charge in [0.05, 0.1) is 19.2 Å². The molecule has 0 bridgehead atoms. The van der Waals surface area contributed by atoms with Crippen molar-refractivity contribution in [3.05, 3.63) is 47.2 Å². The van der Waals surface area contributed by atoms with Crippen LogP contribution in [0.2, 0.25) is 0 Å². The van der Waals surface area contributed by atoms with Crippen molar-refractivity contribution in [1.82, 2.24) is 10.2 Å². The van der Waals surface area contributed by atoms with Gasteiger partial charge < -0.3 is 14.9 Å². The first-order valence-electron chi connectivity index (χ1n) is 9.84. The second kappa shape index (κ2) is 8.51. The predicted octanol–water partition coefficient (Wildman–Crippen LogP) is 1.61. The standard InChI is InChI=1S/C21H23N3O5S/c1-3-13-10-15(29-23-13)14-11-30-20-17(19(26)24(20)18(14)21(27)28-2)22-16(25)9-12-7-5-4-6-8-12/h4-8,15,17,20H,3,9-11H2,1-2H3,(H,22,25)/t15-,17-,20-/m1/s1. The van der Waals surface area contributed by atoms with E-state index in [2.05, 4.69) is 10.5 Å². The molecule has 3 heterocycles. The van der Waals surface area contributed by atoms with Gasteiger partial charge >= 0.3 is 5.97 Å². The fourth-order valence-electron chi connectivity index (χ4n) is 3.80. The van der Waals surface area contributed by atoms with Crippen LogP contribution >= 0.6 is 11.8 Å². The van der Waals surface area contributed by atoms with Gasteiger partial charge in [-0.3, -0.25) is 14.5 Å². The fraction of sp³-hybridized carbons (Fsp3) is 0.429. The average Bonchev–Trinajstić information content (AvgIpc) is 3.25. The van der Waals surface area contributed by atoms with Gasteiger partial charge in [-0.2, -0.15) is 0 Å². The first-order valence-corrected chi connectivity index (χ1v) is 10.9. The highest BCUT2D eigenvalue weighted by molar-refractivity contribution is 8.00. The normalized spacial score (nSPS) is 25.1. The van der Waals surface area contributed by atoms with Gasteiger partial charge in [-0.1, -0.05) is 42.4 Å². The van der Waals surface area contributed by atoms with Crippen molar-refractivity contribution in [2.24, 2.45) is 5.16 Å². The van der Waals surface area contributed by atoms with Crippen LogP contribution in [0.4, 0.5) is 0 Å². The van der Waals surface area contributed by atoms with Crippen molar-refractivity contribution in [1.29, 1.82) is 0 Å². The number of thioether (sulfide) groups is 1. The minimum atomic E-state index is -0.667. The molecule has 4 rings (SSSR count). The van der Waals surface area contributed by atoms with Crippen LogP contribution < -0.4 is 5.32 Å². The number of hydrogen-bond donors (Lipinski definition) is 1. The van der Waals surface area contributed by atoms with Crippen LogP contribution in [0.1, 0.15) is 25.3 Å². The van der Waals surface area contributed by atoms with E-state index in [0.717, 1.165) is 17.7 Å². The summed E-state index contributed by atoms with van der Waals surface area (Å²) in [7, 11) is 1.29. The number of ether oxygens (including phenoxy) is 1. The van der Waals surface area contributed by atoms with Crippen LogP contribution in [0.5, 0.6) is 0 Å². The number of esters is 1. The van der Waals surface area contributed by atoms with E-state index in [-0.39, 0.29) is 35.4 Å². The number of nitrogens with one attached hydrogen (secondary N) is 1. The Bertz CT molecular complexity index is 930. The molecule has 1 saturated heterocycles. The lowest BCUT2D eigenvalue weighted by molar-refractivity contribution is -0.152. The number of β-lactam (4-membered cyclic amide) rings is 1. The predicted molar refractivity (Wildman–Crippen MR) is 111 cm³/mol. The molecular weight excluding hydrogens is 406 g/mol. The highest BCUT2D eigenvalue weighted by Crippen LogP contribution is 2.43. The minimum Gasteiger partial charge on any atom is -0.464 e. The van der Waals surface area contributed by atoms with Gasteiger partial charge in [0.15, 0.2) is 6.10 Å². The molecule has 1 N–H and O–H groups in total. The molecule has 3 aliphatic rings. The Morgan fingerprint density at radius 3 is 2.77 bits per heavy atom.